The first kappa shape index (κ1) is 41.0. The van der Waals surface area contributed by atoms with Gasteiger partial charge in [0.15, 0.2) is 6.10 Å². The van der Waals surface area contributed by atoms with E-state index in [1.807, 2.05) is 13.8 Å². The molecule has 0 saturated carbocycles. The van der Waals surface area contributed by atoms with Crippen LogP contribution >= 0.6 is 23.2 Å². The molecule has 7 atom stereocenters. The van der Waals surface area contributed by atoms with Gasteiger partial charge in [-0.05, 0) is 73.9 Å². The third kappa shape index (κ3) is 11.6. The summed E-state index contributed by atoms with van der Waals surface area (Å²) in [5.74, 6) is -3.71. The maximum absolute atomic E-state index is 13.7. The van der Waals surface area contributed by atoms with Crippen LogP contribution in [-0.2, 0) is 35.1 Å². The summed E-state index contributed by atoms with van der Waals surface area (Å²) >= 11 is 13.0. The minimum Gasteiger partial charge on any atom is -0.495 e. The van der Waals surface area contributed by atoms with E-state index in [2.05, 4.69) is 10.6 Å². The van der Waals surface area contributed by atoms with Crippen LogP contribution in [0.1, 0.15) is 77.3 Å². The summed E-state index contributed by atoms with van der Waals surface area (Å²) in [7, 11) is 1.49. The van der Waals surface area contributed by atoms with E-state index in [-0.39, 0.29) is 38.1 Å². The molecule has 1 saturated heterocycles. The van der Waals surface area contributed by atoms with Crippen molar-refractivity contribution in [2.75, 3.05) is 13.7 Å². The van der Waals surface area contributed by atoms with Gasteiger partial charge in [0.2, 0.25) is 11.8 Å². The number of cyclic esters (lactones) is 2. The number of esters is 2. The molecule has 1 aliphatic heterocycles. The Morgan fingerprint density at radius 2 is 1.72 bits per heavy atom. The zero-order valence-corrected chi connectivity index (χ0v) is 31.1. The highest BCUT2D eigenvalue weighted by Crippen LogP contribution is 2.34. The second-order valence-electron chi connectivity index (χ2n) is 14.2. The first-order valence-corrected chi connectivity index (χ1v) is 17.6. The van der Waals surface area contributed by atoms with Crippen LogP contribution in [0.25, 0.3) is 0 Å². The predicted molar refractivity (Wildman–Crippen MR) is 188 cm³/mol. The Morgan fingerprint density at radius 3 is 2.32 bits per heavy atom. The molecule has 1 unspecified atom stereocenters. The molecule has 2 amide bonds. The lowest BCUT2D eigenvalue weighted by Gasteiger charge is -2.34. The summed E-state index contributed by atoms with van der Waals surface area (Å²) in [5, 5.41) is 16.3. The molecule has 3 N–H and O–H groups in total. The molecule has 0 radical (unpaired) electrons. The van der Waals surface area contributed by atoms with Crippen molar-refractivity contribution in [3.8, 4) is 5.75 Å². The highest BCUT2D eigenvalue weighted by atomic mass is 35.5. The maximum Gasteiger partial charge on any atom is 0.347 e. The van der Waals surface area contributed by atoms with Gasteiger partial charge in [0.25, 0.3) is 0 Å². The zero-order valence-electron chi connectivity index (χ0n) is 29.6. The molecule has 3 rings (SSSR count). The van der Waals surface area contributed by atoms with Crippen LogP contribution in [0.5, 0.6) is 5.75 Å². The average Bonchev–Trinajstić information content (AvgIpc) is 3.04. The van der Waals surface area contributed by atoms with Gasteiger partial charge >= 0.3 is 11.9 Å². The number of rotatable bonds is 9. The van der Waals surface area contributed by atoms with Crippen molar-refractivity contribution in [2.45, 2.75) is 97.0 Å². The molecule has 2 aromatic rings. The van der Waals surface area contributed by atoms with Gasteiger partial charge in [0.05, 0.1) is 29.0 Å². The van der Waals surface area contributed by atoms with Crippen LogP contribution in [0.2, 0.25) is 5.02 Å². The van der Waals surface area contributed by atoms with E-state index >= 15 is 0 Å². The largest absolute Gasteiger partial charge is 0.495 e. The second kappa shape index (κ2) is 18.2. The van der Waals surface area contributed by atoms with Crippen molar-refractivity contribution < 1.29 is 42.9 Å². The van der Waals surface area contributed by atoms with E-state index in [9.17, 15) is 28.7 Å². The Morgan fingerprint density at radius 1 is 1.06 bits per heavy atom. The standard InChI is InChI=1S/C37H49Cl2FN2O8/c1-20(2)14-30-35(46)49-29(22(4)33(44)32(39)24-9-11-25(40)12-10-24)15-21(3)16-31(43)42-27(18-23-8-13-28(48-7)26(38)17-23)34(45)41-19-37(5,6)36(47)50-30/h8-13,17,20-22,27,29-30,32-33,44H,14-16,18-19H2,1-7H3,(H,41,45)(H,42,43)/t21?,22-,27+,29-,30-,32-,33+/m0/s1. The Kier molecular flexibility index (Phi) is 14.9. The molecule has 10 nitrogen and oxygen atoms in total. The Hall–Kier alpha value is -3.41. The van der Waals surface area contributed by atoms with E-state index in [1.54, 1.807) is 45.9 Å². The lowest BCUT2D eigenvalue weighted by Crippen LogP contribution is -2.51. The van der Waals surface area contributed by atoms with E-state index in [1.165, 1.54) is 31.4 Å². The Balaban J connectivity index is 1.96. The number of amides is 2. The van der Waals surface area contributed by atoms with Crippen molar-refractivity contribution in [1.82, 2.24) is 10.6 Å². The molecule has 1 fully saturated rings. The summed E-state index contributed by atoms with van der Waals surface area (Å²) in [6.07, 6.45) is -3.13. The summed E-state index contributed by atoms with van der Waals surface area (Å²) in [6.45, 7) is 10.2. The van der Waals surface area contributed by atoms with Crippen LogP contribution in [0, 0.1) is 29.0 Å². The molecule has 13 heteroatoms. The number of carbonyl (C=O) groups excluding carboxylic acids is 4. The minimum absolute atomic E-state index is 0.0395. The van der Waals surface area contributed by atoms with Gasteiger partial charge in [0.1, 0.15) is 23.7 Å². The number of carbonyl (C=O) groups is 4. The average molecular weight is 740 g/mol. The topological polar surface area (TPSA) is 140 Å². The third-order valence-electron chi connectivity index (χ3n) is 8.81. The number of halogens is 3. The number of ether oxygens (including phenoxy) is 3. The fourth-order valence-corrected chi connectivity index (χ4v) is 6.32. The normalized spacial score (nSPS) is 24.3. The lowest BCUT2D eigenvalue weighted by atomic mass is 9.86. The van der Waals surface area contributed by atoms with Crippen LogP contribution in [-0.4, -0.2) is 66.9 Å². The number of benzene rings is 2. The van der Waals surface area contributed by atoms with E-state index in [0.29, 0.717) is 21.9 Å². The first-order chi connectivity index (χ1) is 23.4. The molecule has 2 aromatic carbocycles. The molecule has 50 heavy (non-hydrogen) atoms. The number of hydrogen-bond donors (Lipinski definition) is 3. The third-order valence-corrected chi connectivity index (χ3v) is 9.62. The molecule has 0 bridgehead atoms. The van der Waals surface area contributed by atoms with E-state index in [4.69, 9.17) is 37.4 Å². The number of alkyl halides is 1. The monoisotopic (exact) mass is 738 g/mol. The maximum atomic E-state index is 13.7. The molecular formula is C37H49Cl2FN2O8. The number of aliphatic hydroxyl groups is 1. The Bertz CT molecular complexity index is 1490. The molecule has 1 aliphatic rings. The zero-order chi connectivity index (χ0) is 37.3. The summed E-state index contributed by atoms with van der Waals surface area (Å²) in [5.41, 5.74) is -0.130. The molecule has 1 heterocycles. The SMILES string of the molecule is COc1ccc(C[C@H]2NC(=O)CC(C)C[C@@H]([C@H](C)[C@@H](O)[C@@H](Cl)c3ccc(F)cc3)OC(=O)[C@H](CC(C)C)OC(=O)C(C)(C)CNC2=O)cc1Cl. The first-order valence-electron chi connectivity index (χ1n) is 16.8. The molecular weight excluding hydrogens is 690 g/mol. The predicted octanol–water partition coefficient (Wildman–Crippen LogP) is 5.93. The smallest absolute Gasteiger partial charge is 0.347 e. The number of hydrogen-bond acceptors (Lipinski definition) is 8. The van der Waals surface area contributed by atoms with Gasteiger partial charge in [-0.3, -0.25) is 14.4 Å². The lowest BCUT2D eigenvalue weighted by molar-refractivity contribution is -0.181. The van der Waals surface area contributed by atoms with Gasteiger partial charge in [-0.25, -0.2) is 9.18 Å². The number of methoxy groups -OCH3 is 1. The molecule has 0 aromatic heterocycles. The van der Waals surface area contributed by atoms with Gasteiger partial charge in [-0.15, -0.1) is 11.6 Å². The molecule has 0 spiro atoms. The van der Waals surface area contributed by atoms with E-state index < -0.39 is 76.6 Å². The van der Waals surface area contributed by atoms with Crippen molar-refractivity contribution >= 4 is 47.0 Å². The number of aliphatic hydroxyl groups excluding tert-OH is 1. The van der Waals surface area contributed by atoms with Crippen LogP contribution in [0.3, 0.4) is 0 Å². The van der Waals surface area contributed by atoms with Crippen molar-refractivity contribution in [3.05, 3.63) is 64.4 Å². The van der Waals surface area contributed by atoms with Crippen LogP contribution in [0.4, 0.5) is 4.39 Å². The number of nitrogens with one attached hydrogen (secondary N) is 2. The van der Waals surface area contributed by atoms with Gasteiger partial charge in [-0.1, -0.05) is 57.5 Å². The summed E-state index contributed by atoms with van der Waals surface area (Å²) < 4.78 is 30.6. The van der Waals surface area contributed by atoms with E-state index in [0.717, 1.165) is 0 Å². The minimum atomic E-state index is -1.27. The molecule has 0 aliphatic carbocycles. The quantitative estimate of drug-likeness (QED) is 0.212. The van der Waals surface area contributed by atoms with Crippen LogP contribution < -0.4 is 15.4 Å². The van der Waals surface area contributed by atoms with Crippen molar-refractivity contribution in [3.63, 3.8) is 0 Å². The van der Waals surface area contributed by atoms with Crippen molar-refractivity contribution in [2.24, 2.45) is 23.2 Å². The fraction of sp³-hybridized carbons (Fsp3) is 0.568. The molecule has 276 valence electrons. The van der Waals surface area contributed by atoms with Gasteiger partial charge in [0, 0.05) is 25.3 Å². The summed E-state index contributed by atoms with van der Waals surface area (Å²) in [4.78, 5) is 54.2. The highest BCUT2D eigenvalue weighted by Gasteiger charge is 2.39. The Labute approximate surface area is 303 Å². The fourth-order valence-electron chi connectivity index (χ4n) is 5.67. The van der Waals surface area contributed by atoms with Gasteiger partial charge in [-0.2, -0.15) is 0 Å². The highest BCUT2D eigenvalue weighted by molar-refractivity contribution is 6.32. The second-order valence-corrected chi connectivity index (χ2v) is 15.1. The van der Waals surface area contributed by atoms with Crippen molar-refractivity contribution in [1.29, 1.82) is 0 Å². The van der Waals surface area contributed by atoms with Crippen LogP contribution in [0.15, 0.2) is 42.5 Å². The van der Waals surface area contributed by atoms with Gasteiger partial charge < -0.3 is 30.0 Å². The summed E-state index contributed by atoms with van der Waals surface area (Å²) in [6, 6.07) is 9.44.